The third-order valence-electron chi connectivity index (χ3n) is 9.94. The average molecular weight is 450 g/mol. The van der Waals surface area contributed by atoms with Crippen LogP contribution in [0, 0.1) is 40.4 Å². The Bertz CT molecular complexity index is 764. The molecule has 0 bridgehead atoms. The van der Waals surface area contributed by atoms with Gasteiger partial charge in [0.05, 0.1) is 0 Å². The molecule has 31 heavy (non-hydrogen) atoms. The van der Waals surface area contributed by atoms with Gasteiger partial charge in [0.15, 0.2) is 5.78 Å². The number of ketones is 1. The zero-order chi connectivity index (χ0) is 22.6. The van der Waals surface area contributed by atoms with Crippen molar-refractivity contribution in [3.8, 4) is 0 Å². The van der Waals surface area contributed by atoms with Gasteiger partial charge in [-0.1, -0.05) is 33.3 Å². The zero-order valence-electron chi connectivity index (χ0n) is 19.9. The Balaban J connectivity index is 1.50. The van der Waals surface area contributed by atoms with Gasteiger partial charge in [-0.05, 0) is 104 Å². The van der Waals surface area contributed by atoms with Crippen LogP contribution in [0.4, 0.5) is 0 Å². The molecule has 0 radical (unpaired) electrons. The maximum absolute atomic E-state index is 12.7. The van der Waals surface area contributed by atoms with Gasteiger partial charge < -0.3 is 4.74 Å². The Kier molecular flexibility index (Phi) is 6.37. The molecule has 1 N–H and O–H groups in total. The first kappa shape index (κ1) is 23.3. The molecule has 3 unspecified atom stereocenters. The second-order valence-corrected chi connectivity index (χ2v) is 11.9. The van der Waals surface area contributed by atoms with E-state index in [1.807, 2.05) is 19.9 Å². The highest BCUT2D eigenvalue weighted by Crippen LogP contribution is 2.67. The van der Waals surface area contributed by atoms with Crippen molar-refractivity contribution < 1.29 is 14.3 Å². The Morgan fingerprint density at radius 1 is 1.10 bits per heavy atom. The fourth-order valence-corrected chi connectivity index (χ4v) is 8.49. The summed E-state index contributed by atoms with van der Waals surface area (Å²) < 4.78 is 5.98. The second-order valence-electron chi connectivity index (χ2n) is 11.7. The molecule has 0 aromatic rings. The fourth-order valence-electron chi connectivity index (χ4n) is 8.15. The van der Waals surface area contributed by atoms with E-state index in [2.05, 4.69) is 25.6 Å². The normalized spacial score (nSPS) is 41.6. The Morgan fingerprint density at radius 2 is 1.84 bits per heavy atom. The van der Waals surface area contributed by atoms with E-state index >= 15 is 0 Å². The molecule has 0 saturated heterocycles. The lowest BCUT2D eigenvalue weighted by Gasteiger charge is -2.58. The molecule has 4 aliphatic carbocycles. The van der Waals surface area contributed by atoms with Crippen molar-refractivity contribution in [1.82, 2.24) is 4.84 Å². The number of nitrogens with one attached hydrogen (secondary N) is 1. The number of rotatable bonds is 5. The molecule has 0 amide bonds. The Labute approximate surface area is 193 Å². The summed E-state index contributed by atoms with van der Waals surface area (Å²) in [5.41, 5.74) is 1.87. The summed E-state index contributed by atoms with van der Waals surface area (Å²) >= 11 is 5.82. The van der Waals surface area contributed by atoms with Crippen LogP contribution in [0.1, 0.15) is 86.0 Å². The first-order valence-corrected chi connectivity index (χ1v) is 12.8. The second kappa shape index (κ2) is 8.48. The molecule has 4 nitrogen and oxygen atoms in total. The minimum Gasteiger partial charge on any atom is -0.461 e. The van der Waals surface area contributed by atoms with Gasteiger partial charge in [0.25, 0.3) is 0 Å². The van der Waals surface area contributed by atoms with Gasteiger partial charge in [-0.15, -0.1) is 0 Å². The molecule has 0 heterocycles. The van der Waals surface area contributed by atoms with Crippen LogP contribution in [-0.4, -0.2) is 23.9 Å². The molecular formula is C26H40ClNO3. The number of hydrogen-bond acceptors (Lipinski definition) is 4. The molecule has 4 rings (SSSR count). The van der Waals surface area contributed by atoms with E-state index in [0.717, 1.165) is 25.2 Å². The van der Waals surface area contributed by atoms with Crippen LogP contribution < -0.4 is 4.84 Å². The summed E-state index contributed by atoms with van der Waals surface area (Å²) in [5.74, 6) is 2.71. The fraction of sp³-hybridized carbons (Fsp3) is 0.846. The van der Waals surface area contributed by atoms with Gasteiger partial charge in [-0.2, -0.15) is 0 Å². The SMILES string of the molecule is CC(C)[C@H](NCl)C(=O)O[C@@H](C)[C@H]1CCC2C3CCC4=CC(=O)CC[C@]4(C)C3CC[C@@]21C. The van der Waals surface area contributed by atoms with Crippen LogP contribution in [-0.2, 0) is 14.3 Å². The van der Waals surface area contributed by atoms with Crippen LogP contribution in [0.2, 0.25) is 0 Å². The van der Waals surface area contributed by atoms with Crippen LogP contribution in [0.3, 0.4) is 0 Å². The smallest absolute Gasteiger partial charge is 0.324 e. The van der Waals surface area contributed by atoms with Crippen LogP contribution >= 0.6 is 11.8 Å². The third kappa shape index (κ3) is 3.80. The number of carbonyl (C=O) groups excluding carboxylic acids is 2. The summed E-state index contributed by atoms with van der Waals surface area (Å²) in [6, 6.07) is -0.470. The summed E-state index contributed by atoms with van der Waals surface area (Å²) in [6.45, 7) is 10.9. The zero-order valence-corrected chi connectivity index (χ0v) is 20.6. The van der Waals surface area contributed by atoms with Crippen molar-refractivity contribution in [3.63, 3.8) is 0 Å². The van der Waals surface area contributed by atoms with Crippen molar-refractivity contribution in [2.45, 2.75) is 98.1 Å². The van der Waals surface area contributed by atoms with E-state index in [9.17, 15) is 9.59 Å². The van der Waals surface area contributed by atoms with Crippen molar-refractivity contribution in [3.05, 3.63) is 11.6 Å². The minimum absolute atomic E-state index is 0.0900. The Morgan fingerprint density at radius 3 is 2.52 bits per heavy atom. The van der Waals surface area contributed by atoms with Crippen molar-refractivity contribution >= 4 is 23.5 Å². The van der Waals surface area contributed by atoms with E-state index in [1.165, 1.54) is 31.3 Å². The van der Waals surface area contributed by atoms with Crippen molar-refractivity contribution in [2.24, 2.45) is 40.4 Å². The van der Waals surface area contributed by atoms with E-state index < -0.39 is 6.04 Å². The number of carbonyl (C=O) groups is 2. The van der Waals surface area contributed by atoms with E-state index in [-0.39, 0.29) is 28.8 Å². The molecule has 3 fully saturated rings. The number of hydrogen-bond donors (Lipinski definition) is 1. The largest absolute Gasteiger partial charge is 0.461 e. The van der Waals surface area contributed by atoms with Crippen LogP contribution in [0.25, 0.3) is 0 Å². The van der Waals surface area contributed by atoms with Gasteiger partial charge in [0, 0.05) is 12.3 Å². The average Bonchev–Trinajstić information content (AvgIpc) is 3.06. The lowest BCUT2D eigenvalue weighted by Crippen LogP contribution is -2.51. The lowest BCUT2D eigenvalue weighted by molar-refractivity contribution is -0.158. The Hall–Kier alpha value is -0.870. The summed E-state index contributed by atoms with van der Waals surface area (Å²) in [5, 5.41) is 0. The number of fused-ring (bicyclic) bond motifs is 5. The molecule has 0 spiro atoms. The third-order valence-corrected chi connectivity index (χ3v) is 10.2. The molecule has 5 heteroatoms. The molecule has 0 aromatic heterocycles. The van der Waals surface area contributed by atoms with Crippen LogP contribution in [0.5, 0.6) is 0 Å². The van der Waals surface area contributed by atoms with E-state index in [1.54, 1.807) is 0 Å². The molecule has 0 aromatic carbocycles. The number of esters is 1. The molecule has 3 saturated carbocycles. The first-order chi connectivity index (χ1) is 14.6. The first-order valence-electron chi connectivity index (χ1n) is 12.4. The maximum Gasteiger partial charge on any atom is 0.324 e. The van der Waals surface area contributed by atoms with Crippen LogP contribution in [0.15, 0.2) is 11.6 Å². The molecule has 8 atom stereocenters. The standard InChI is InChI=1S/C26H40ClNO3/c1-15(2)23(28-27)24(30)31-16(3)20-8-9-21-19-7-6-17-14-18(29)10-12-25(17,4)22(19)11-13-26(20,21)5/h14-16,19-23,28H,6-13H2,1-5H3/t16-,19?,20+,21?,22?,23-,25-,26+/m0/s1. The summed E-state index contributed by atoms with van der Waals surface area (Å²) in [7, 11) is 0. The number of allylic oxidation sites excluding steroid dienone is 1. The highest BCUT2D eigenvalue weighted by molar-refractivity contribution is 6.14. The summed E-state index contributed by atoms with van der Waals surface area (Å²) in [6.07, 6.45) is 10.7. The topological polar surface area (TPSA) is 55.4 Å². The molecule has 4 aliphatic rings. The highest BCUT2D eigenvalue weighted by atomic mass is 35.5. The van der Waals surface area contributed by atoms with Gasteiger partial charge in [0.2, 0.25) is 0 Å². The minimum atomic E-state index is -0.470. The predicted molar refractivity (Wildman–Crippen MR) is 123 cm³/mol. The van der Waals surface area contributed by atoms with Crippen molar-refractivity contribution in [1.29, 1.82) is 0 Å². The summed E-state index contributed by atoms with van der Waals surface area (Å²) in [4.78, 5) is 27.3. The van der Waals surface area contributed by atoms with Gasteiger partial charge in [-0.25, -0.2) is 4.84 Å². The number of halogens is 1. The predicted octanol–water partition coefficient (Wildman–Crippen LogP) is 5.83. The molecule has 174 valence electrons. The maximum atomic E-state index is 12.7. The number of ether oxygens (including phenoxy) is 1. The van der Waals surface area contributed by atoms with E-state index in [4.69, 9.17) is 16.5 Å². The van der Waals surface area contributed by atoms with Gasteiger partial charge in [0.1, 0.15) is 12.1 Å². The highest BCUT2D eigenvalue weighted by Gasteiger charge is 2.60. The van der Waals surface area contributed by atoms with E-state index in [0.29, 0.717) is 30.0 Å². The monoisotopic (exact) mass is 449 g/mol. The van der Waals surface area contributed by atoms with Gasteiger partial charge >= 0.3 is 5.97 Å². The molecular weight excluding hydrogens is 410 g/mol. The quantitative estimate of drug-likeness (QED) is 0.423. The molecule has 0 aliphatic heterocycles. The van der Waals surface area contributed by atoms with Crippen molar-refractivity contribution in [2.75, 3.05) is 0 Å². The lowest BCUT2D eigenvalue weighted by atomic mass is 9.46. The van der Waals surface area contributed by atoms with Gasteiger partial charge in [-0.3, -0.25) is 9.59 Å².